The number of thioether (sulfide) groups is 1. The quantitative estimate of drug-likeness (QED) is 0.721. The summed E-state index contributed by atoms with van der Waals surface area (Å²) in [6, 6.07) is 7.81. The molecule has 1 aliphatic heterocycles. The summed E-state index contributed by atoms with van der Waals surface area (Å²) < 4.78 is 12.3. The Kier molecular flexibility index (Phi) is 5.14. The summed E-state index contributed by atoms with van der Waals surface area (Å²) in [6.07, 6.45) is 2.07. The second-order valence-electron chi connectivity index (χ2n) is 6.09. The second kappa shape index (κ2) is 6.37. The van der Waals surface area contributed by atoms with Gasteiger partial charge in [-0.05, 0) is 51.2 Å². The first kappa shape index (κ1) is 16.9. The second-order valence-corrected chi connectivity index (χ2v) is 7.83. The van der Waals surface area contributed by atoms with E-state index in [4.69, 9.17) is 20.9 Å². The van der Waals surface area contributed by atoms with Gasteiger partial charge in [0, 0.05) is 9.83 Å². The molecule has 1 saturated heterocycles. The van der Waals surface area contributed by atoms with E-state index < -0.39 is 0 Å². The third-order valence-corrected chi connectivity index (χ3v) is 5.28. The van der Waals surface area contributed by atoms with Crippen molar-refractivity contribution in [3.05, 3.63) is 39.7 Å². The predicted molar refractivity (Wildman–Crippen MR) is 93.6 cm³/mol. The van der Waals surface area contributed by atoms with E-state index in [-0.39, 0.29) is 18.3 Å². The van der Waals surface area contributed by atoms with Gasteiger partial charge in [0.05, 0.1) is 11.2 Å². The van der Waals surface area contributed by atoms with Crippen molar-refractivity contribution in [1.29, 1.82) is 0 Å². The van der Waals surface area contributed by atoms with Gasteiger partial charge in [0.25, 0.3) is 0 Å². The lowest BCUT2D eigenvalue weighted by Crippen LogP contribution is -2.41. The molecule has 1 fully saturated rings. The van der Waals surface area contributed by atoms with Crippen LogP contribution < -0.4 is 0 Å². The minimum Gasteiger partial charge on any atom is -0.399 e. The van der Waals surface area contributed by atoms with Gasteiger partial charge in [-0.3, -0.25) is 0 Å². The van der Waals surface area contributed by atoms with Gasteiger partial charge in [0.2, 0.25) is 0 Å². The zero-order valence-electron chi connectivity index (χ0n) is 13.3. The molecule has 0 atom stereocenters. The van der Waals surface area contributed by atoms with Crippen molar-refractivity contribution in [2.45, 2.75) is 45.8 Å². The Bertz CT molecular complexity index is 527. The van der Waals surface area contributed by atoms with E-state index in [0.717, 1.165) is 21.1 Å². The van der Waals surface area contributed by atoms with Crippen LogP contribution in [0.1, 0.15) is 40.2 Å². The highest BCUT2D eigenvalue weighted by molar-refractivity contribution is 8.04. The van der Waals surface area contributed by atoms with E-state index >= 15 is 0 Å². The van der Waals surface area contributed by atoms with Crippen LogP contribution >= 0.6 is 23.4 Å². The Hall–Kier alpha value is -0.415. The average Bonchev–Trinajstić information content (AvgIpc) is 2.60. The molecule has 1 aliphatic rings. The highest BCUT2D eigenvalue weighted by Crippen LogP contribution is 2.41. The third-order valence-electron chi connectivity index (χ3n) is 4.00. The van der Waals surface area contributed by atoms with Crippen LogP contribution in [0.2, 0.25) is 5.02 Å². The van der Waals surface area contributed by atoms with Crippen molar-refractivity contribution in [1.82, 2.24) is 0 Å². The monoisotopic (exact) mass is 324 g/mol. The SMILES string of the molecule is CCS/C(=C\c1ccccc1Cl)B1OC(C)(C)C(C)(C)O1. The highest BCUT2D eigenvalue weighted by Gasteiger charge is 2.52. The summed E-state index contributed by atoms with van der Waals surface area (Å²) in [4.78, 5) is 1.06. The van der Waals surface area contributed by atoms with Crippen LogP contribution in [-0.2, 0) is 9.31 Å². The first-order valence-corrected chi connectivity index (χ1v) is 8.58. The molecule has 2 rings (SSSR count). The lowest BCUT2D eigenvalue weighted by Gasteiger charge is -2.32. The van der Waals surface area contributed by atoms with Gasteiger partial charge in [-0.2, -0.15) is 0 Å². The van der Waals surface area contributed by atoms with Crippen molar-refractivity contribution in [3.63, 3.8) is 0 Å². The first-order valence-electron chi connectivity index (χ1n) is 7.21. The molecule has 1 aromatic rings. The number of rotatable bonds is 4. The zero-order valence-corrected chi connectivity index (χ0v) is 14.8. The van der Waals surface area contributed by atoms with Crippen molar-refractivity contribution >= 4 is 36.6 Å². The fraction of sp³-hybridized carbons (Fsp3) is 0.500. The number of hydrogen-bond donors (Lipinski definition) is 0. The molecule has 0 aromatic heterocycles. The Morgan fingerprint density at radius 3 is 2.29 bits per heavy atom. The molecule has 0 N–H and O–H groups in total. The molecule has 2 nitrogen and oxygen atoms in total. The smallest absolute Gasteiger partial charge is 0.399 e. The molecular weight excluding hydrogens is 303 g/mol. The van der Waals surface area contributed by atoms with E-state index in [9.17, 15) is 0 Å². The van der Waals surface area contributed by atoms with Crippen LogP contribution in [0.15, 0.2) is 29.1 Å². The van der Waals surface area contributed by atoms with Crippen LogP contribution in [0.4, 0.5) is 0 Å². The molecule has 0 aliphatic carbocycles. The van der Waals surface area contributed by atoms with Crippen molar-refractivity contribution in [3.8, 4) is 0 Å². The lowest BCUT2D eigenvalue weighted by atomic mass is 9.88. The zero-order chi connectivity index (χ0) is 15.7. The van der Waals surface area contributed by atoms with Crippen LogP contribution in [0.25, 0.3) is 6.08 Å². The largest absolute Gasteiger partial charge is 0.501 e. The van der Waals surface area contributed by atoms with E-state index in [2.05, 4.69) is 40.7 Å². The van der Waals surface area contributed by atoms with Crippen LogP contribution in [0.5, 0.6) is 0 Å². The van der Waals surface area contributed by atoms with Gasteiger partial charge in [-0.25, -0.2) is 0 Å². The standard InChI is InChI=1S/C16H22BClO2S/c1-6-21-14(11-12-9-7-8-10-13(12)18)17-19-15(2,3)16(4,5)20-17/h7-11H,6H2,1-5H3/b14-11-. The summed E-state index contributed by atoms with van der Waals surface area (Å²) >= 11 is 7.98. The topological polar surface area (TPSA) is 18.5 Å². The molecule has 114 valence electrons. The van der Waals surface area contributed by atoms with E-state index in [0.29, 0.717) is 0 Å². The predicted octanol–water partition coefficient (Wildman–Crippen LogP) is 5.07. The maximum Gasteiger partial charge on any atom is 0.501 e. The normalized spacial score (nSPS) is 20.9. The fourth-order valence-corrected chi connectivity index (χ4v) is 3.02. The maximum absolute atomic E-state index is 6.25. The number of hydrogen-bond acceptors (Lipinski definition) is 3. The van der Waals surface area contributed by atoms with Gasteiger partial charge in [0.15, 0.2) is 0 Å². The first-order chi connectivity index (χ1) is 9.77. The maximum atomic E-state index is 6.25. The summed E-state index contributed by atoms with van der Waals surface area (Å²) in [6.45, 7) is 10.4. The Labute approximate surface area is 137 Å². The van der Waals surface area contributed by atoms with Crippen LogP contribution in [0.3, 0.4) is 0 Å². The van der Waals surface area contributed by atoms with E-state index in [1.165, 1.54) is 0 Å². The number of halogens is 1. The van der Waals surface area contributed by atoms with Crippen LogP contribution in [-0.4, -0.2) is 24.1 Å². The number of benzene rings is 1. The summed E-state index contributed by atoms with van der Waals surface area (Å²) in [5.41, 5.74) is 0.335. The van der Waals surface area contributed by atoms with Gasteiger partial charge in [-0.1, -0.05) is 36.7 Å². The Balaban J connectivity index is 2.31. The van der Waals surface area contributed by atoms with Crippen molar-refractivity contribution in [2.75, 3.05) is 5.75 Å². The molecule has 21 heavy (non-hydrogen) atoms. The van der Waals surface area contributed by atoms with Gasteiger partial charge < -0.3 is 9.31 Å². The average molecular weight is 325 g/mol. The molecule has 0 bridgehead atoms. The molecule has 0 unspecified atom stereocenters. The van der Waals surface area contributed by atoms with E-state index in [1.54, 1.807) is 11.8 Å². The lowest BCUT2D eigenvalue weighted by molar-refractivity contribution is 0.00578. The minimum atomic E-state index is -0.337. The molecule has 0 radical (unpaired) electrons. The molecule has 1 aromatic carbocycles. The molecule has 1 heterocycles. The molecule has 0 amide bonds. The highest BCUT2D eigenvalue weighted by atomic mass is 35.5. The minimum absolute atomic E-state index is 0.328. The molecule has 0 spiro atoms. The van der Waals surface area contributed by atoms with Gasteiger partial charge in [0.1, 0.15) is 0 Å². The van der Waals surface area contributed by atoms with E-state index in [1.807, 2.05) is 24.3 Å². The molecule has 0 saturated carbocycles. The van der Waals surface area contributed by atoms with Gasteiger partial charge >= 0.3 is 7.12 Å². The summed E-state index contributed by atoms with van der Waals surface area (Å²) in [5, 5.41) is 0.739. The van der Waals surface area contributed by atoms with Gasteiger partial charge in [-0.15, -0.1) is 11.8 Å². The summed E-state index contributed by atoms with van der Waals surface area (Å²) in [5.74, 6) is 0.959. The third kappa shape index (κ3) is 3.68. The fourth-order valence-electron chi connectivity index (χ4n) is 2.05. The molecule has 5 heteroatoms. The summed E-state index contributed by atoms with van der Waals surface area (Å²) in [7, 11) is -0.337. The van der Waals surface area contributed by atoms with Crippen molar-refractivity contribution < 1.29 is 9.31 Å². The van der Waals surface area contributed by atoms with Crippen molar-refractivity contribution in [2.24, 2.45) is 0 Å². The Morgan fingerprint density at radius 1 is 1.19 bits per heavy atom. The Morgan fingerprint density at radius 2 is 1.76 bits per heavy atom. The molecular formula is C16H22BClO2S. The van der Waals surface area contributed by atoms with Crippen LogP contribution in [0, 0.1) is 0 Å².